The number of hydrogen-bond donors (Lipinski definition) is 3. The molecule has 0 saturated carbocycles. The van der Waals surface area contributed by atoms with Crippen LogP contribution in [-0.2, 0) is 19.5 Å². The molecule has 0 aromatic heterocycles. The van der Waals surface area contributed by atoms with E-state index in [2.05, 4.69) is 10.0 Å². The van der Waals surface area contributed by atoms with Crippen molar-refractivity contribution in [1.29, 1.82) is 0 Å². The van der Waals surface area contributed by atoms with Crippen LogP contribution < -0.4 is 10.0 Å². The molecule has 136 valence electrons. The highest BCUT2D eigenvalue weighted by molar-refractivity contribution is 7.89. The monoisotopic (exact) mass is 360 g/mol. The molecule has 0 radical (unpaired) electrons. The Kier molecular flexibility index (Phi) is 8.69. The fourth-order valence-corrected chi connectivity index (χ4v) is 3.19. The predicted molar refractivity (Wildman–Crippen MR) is 90.1 cm³/mol. The van der Waals surface area contributed by atoms with Gasteiger partial charge in [0.1, 0.15) is 4.90 Å². The normalized spacial score (nSPS) is 11.4. The Morgan fingerprint density at radius 1 is 1.25 bits per heavy atom. The SMILES string of the molecule is CCOCCCNS(=O)(=O)c1cc(C(=O)O)ccc1NCCOC. The van der Waals surface area contributed by atoms with Crippen LogP contribution >= 0.6 is 0 Å². The third-order valence-corrected chi connectivity index (χ3v) is 4.60. The maximum Gasteiger partial charge on any atom is 0.335 e. The van der Waals surface area contributed by atoms with E-state index >= 15 is 0 Å². The van der Waals surface area contributed by atoms with Crippen molar-refractivity contribution in [2.45, 2.75) is 18.2 Å². The number of carboxylic acid groups (broad SMARTS) is 1. The van der Waals surface area contributed by atoms with Crippen LogP contribution in [-0.4, -0.2) is 59.5 Å². The molecule has 0 amide bonds. The molecule has 3 N–H and O–H groups in total. The lowest BCUT2D eigenvalue weighted by atomic mass is 10.2. The van der Waals surface area contributed by atoms with E-state index in [1.54, 1.807) is 0 Å². The van der Waals surface area contributed by atoms with Crippen molar-refractivity contribution in [1.82, 2.24) is 4.72 Å². The maximum atomic E-state index is 12.5. The first-order valence-corrected chi connectivity index (χ1v) is 9.08. The van der Waals surface area contributed by atoms with Gasteiger partial charge in [0, 0.05) is 33.4 Å². The molecule has 1 aromatic rings. The van der Waals surface area contributed by atoms with E-state index in [0.717, 1.165) is 6.07 Å². The molecule has 0 fully saturated rings. The highest BCUT2D eigenvalue weighted by Gasteiger charge is 2.20. The van der Waals surface area contributed by atoms with Crippen LogP contribution in [0.1, 0.15) is 23.7 Å². The summed E-state index contributed by atoms with van der Waals surface area (Å²) in [5.74, 6) is -1.19. The second kappa shape index (κ2) is 10.2. The Morgan fingerprint density at radius 3 is 2.62 bits per heavy atom. The molecule has 0 aliphatic rings. The molecule has 1 aromatic carbocycles. The first-order valence-electron chi connectivity index (χ1n) is 7.60. The quantitative estimate of drug-likeness (QED) is 0.479. The van der Waals surface area contributed by atoms with Gasteiger partial charge in [0.05, 0.1) is 17.9 Å². The second-order valence-corrected chi connectivity index (χ2v) is 6.62. The number of hydrogen-bond acceptors (Lipinski definition) is 6. The van der Waals surface area contributed by atoms with E-state index in [-0.39, 0.29) is 17.0 Å². The summed E-state index contributed by atoms with van der Waals surface area (Å²) in [4.78, 5) is 11.0. The van der Waals surface area contributed by atoms with Gasteiger partial charge < -0.3 is 19.9 Å². The number of carboxylic acids is 1. The fourth-order valence-electron chi connectivity index (χ4n) is 1.91. The average molecular weight is 360 g/mol. The third-order valence-electron chi connectivity index (χ3n) is 3.10. The molecule has 0 saturated heterocycles. The number of ether oxygens (including phenoxy) is 2. The number of sulfonamides is 1. The van der Waals surface area contributed by atoms with Gasteiger partial charge >= 0.3 is 5.97 Å². The van der Waals surface area contributed by atoms with E-state index in [1.807, 2.05) is 6.92 Å². The van der Waals surface area contributed by atoms with Gasteiger partial charge in [0.2, 0.25) is 10.0 Å². The fraction of sp³-hybridized carbons (Fsp3) is 0.533. The Balaban J connectivity index is 2.93. The Labute approximate surface area is 142 Å². The van der Waals surface area contributed by atoms with E-state index in [1.165, 1.54) is 19.2 Å². The minimum Gasteiger partial charge on any atom is -0.478 e. The van der Waals surface area contributed by atoms with Crippen molar-refractivity contribution >= 4 is 21.7 Å². The highest BCUT2D eigenvalue weighted by Crippen LogP contribution is 2.23. The molecule has 1 rings (SSSR count). The average Bonchev–Trinajstić information content (AvgIpc) is 2.54. The van der Waals surface area contributed by atoms with Crippen molar-refractivity contribution in [3.05, 3.63) is 23.8 Å². The topological polar surface area (TPSA) is 114 Å². The van der Waals surface area contributed by atoms with Crippen LogP contribution in [0.15, 0.2) is 23.1 Å². The number of anilines is 1. The second-order valence-electron chi connectivity index (χ2n) is 4.88. The van der Waals surface area contributed by atoms with E-state index in [9.17, 15) is 13.2 Å². The molecule has 9 heteroatoms. The van der Waals surface area contributed by atoms with E-state index in [0.29, 0.717) is 38.5 Å². The molecule has 8 nitrogen and oxygen atoms in total. The zero-order valence-electron chi connectivity index (χ0n) is 13.9. The lowest BCUT2D eigenvalue weighted by molar-refractivity contribution is 0.0696. The minimum atomic E-state index is -3.84. The number of nitrogens with one attached hydrogen (secondary N) is 2. The zero-order chi connectivity index (χ0) is 18.0. The van der Waals surface area contributed by atoms with Gasteiger partial charge in [-0.1, -0.05) is 0 Å². The summed E-state index contributed by atoms with van der Waals surface area (Å²) in [6.07, 6.45) is 0.526. The molecular weight excluding hydrogens is 336 g/mol. The largest absolute Gasteiger partial charge is 0.478 e. The molecule has 0 aliphatic heterocycles. The van der Waals surface area contributed by atoms with Crippen molar-refractivity contribution in [2.24, 2.45) is 0 Å². The van der Waals surface area contributed by atoms with Crippen molar-refractivity contribution in [3.63, 3.8) is 0 Å². The van der Waals surface area contributed by atoms with Gasteiger partial charge in [-0.25, -0.2) is 17.9 Å². The molecular formula is C15H24N2O6S. The van der Waals surface area contributed by atoms with Crippen molar-refractivity contribution < 1.29 is 27.8 Å². The van der Waals surface area contributed by atoms with Crippen LogP contribution in [0, 0.1) is 0 Å². The number of methoxy groups -OCH3 is 1. The molecule has 0 atom stereocenters. The number of aromatic carboxylic acids is 1. The third kappa shape index (κ3) is 6.44. The van der Waals surface area contributed by atoms with Crippen molar-refractivity contribution in [2.75, 3.05) is 45.3 Å². The van der Waals surface area contributed by atoms with Gasteiger partial charge in [-0.2, -0.15) is 0 Å². The Bertz CT molecular complexity index is 633. The van der Waals surface area contributed by atoms with Gasteiger partial charge in [-0.15, -0.1) is 0 Å². The predicted octanol–water partition coefficient (Wildman–Crippen LogP) is 1.15. The number of carbonyl (C=O) groups is 1. The summed E-state index contributed by atoms with van der Waals surface area (Å²) < 4.78 is 37.5. The lowest BCUT2D eigenvalue weighted by Crippen LogP contribution is -2.27. The smallest absolute Gasteiger partial charge is 0.335 e. The number of benzene rings is 1. The standard InChI is InChI=1S/C15H24N2O6S/c1-3-23-9-4-7-17-24(20,21)14-11-12(15(18)19)5-6-13(14)16-8-10-22-2/h5-6,11,16-17H,3-4,7-10H2,1-2H3,(H,18,19). The van der Waals surface area contributed by atoms with Crippen LogP contribution in [0.5, 0.6) is 0 Å². The molecule has 24 heavy (non-hydrogen) atoms. The summed E-state index contributed by atoms with van der Waals surface area (Å²) in [5, 5.41) is 12.0. The van der Waals surface area contributed by atoms with Crippen LogP contribution in [0.3, 0.4) is 0 Å². The molecule has 0 spiro atoms. The zero-order valence-corrected chi connectivity index (χ0v) is 14.7. The van der Waals surface area contributed by atoms with Crippen LogP contribution in [0.25, 0.3) is 0 Å². The van der Waals surface area contributed by atoms with Crippen LogP contribution in [0.2, 0.25) is 0 Å². The Morgan fingerprint density at radius 2 is 2.00 bits per heavy atom. The molecule has 0 heterocycles. The van der Waals surface area contributed by atoms with Gasteiger partial charge in [-0.05, 0) is 31.5 Å². The highest BCUT2D eigenvalue weighted by atomic mass is 32.2. The van der Waals surface area contributed by atoms with E-state index in [4.69, 9.17) is 14.6 Å². The van der Waals surface area contributed by atoms with Crippen molar-refractivity contribution in [3.8, 4) is 0 Å². The molecule has 0 aliphatic carbocycles. The summed E-state index contributed by atoms with van der Waals surface area (Å²) in [6, 6.07) is 3.93. The summed E-state index contributed by atoms with van der Waals surface area (Å²) in [5.41, 5.74) is 0.233. The minimum absolute atomic E-state index is 0.0954. The van der Waals surface area contributed by atoms with Gasteiger partial charge in [0.15, 0.2) is 0 Å². The van der Waals surface area contributed by atoms with E-state index < -0.39 is 16.0 Å². The van der Waals surface area contributed by atoms with Crippen LogP contribution in [0.4, 0.5) is 5.69 Å². The van der Waals surface area contributed by atoms with Gasteiger partial charge in [-0.3, -0.25) is 0 Å². The Hall–Kier alpha value is -1.68. The maximum absolute atomic E-state index is 12.5. The summed E-state index contributed by atoms with van der Waals surface area (Å²) in [6.45, 7) is 3.88. The first-order chi connectivity index (χ1) is 11.4. The lowest BCUT2D eigenvalue weighted by Gasteiger charge is -2.14. The summed E-state index contributed by atoms with van der Waals surface area (Å²) >= 11 is 0. The molecule has 0 bridgehead atoms. The number of rotatable bonds is 12. The first kappa shape index (κ1) is 20.4. The summed E-state index contributed by atoms with van der Waals surface area (Å²) in [7, 11) is -2.31. The van der Waals surface area contributed by atoms with Gasteiger partial charge in [0.25, 0.3) is 0 Å². The molecule has 0 unspecified atom stereocenters.